The Morgan fingerprint density at radius 2 is 2.35 bits per heavy atom. The van der Waals surface area contributed by atoms with Crippen LogP contribution in [-0.2, 0) is 10.3 Å². The second-order valence-corrected chi connectivity index (χ2v) is 6.15. The highest BCUT2D eigenvalue weighted by molar-refractivity contribution is 7.09. The smallest absolute Gasteiger partial charge is 0.228 e. The third-order valence-corrected chi connectivity index (χ3v) is 4.67. The monoisotopic (exact) mass is 253 g/mol. The summed E-state index contributed by atoms with van der Waals surface area (Å²) < 4.78 is 0. The van der Waals surface area contributed by atoms with Crippen LogP contribution in [0.25, 0.3) is 0 Å². The Morgan fingerprint density at radius 1 is 1.65 bits per heavy atom. The number of hydrogen-bond donors (Lipinski definition) is 2. The molecule has 1 amide bonds. The lowest BCUT2D eigenvalue weighted by atomic mass is 9.68. The molecule has 1 heterocycles. The van der Waals surface area contributed by atoms with Crippen LogP contribution in [0.4, 0.5) is 0 Å². The maximum Gasteiger partial charge on any atom is 0.228 e. The van der Waals surface area contributed by atoms with Crippen molar-refractivity contribution in [1.82, 2.24) is 10.3 Å². The lowest BCUT2D eigenvalue weighted by molar-refractivity contribution is -0.137. The summed E-state index contributed by atoms with van der Waals surface area (Å²) in [6.07, 6.45) is 4.67. The third kappa shape index (κ3) is 2.21. The van der Waals surface area contributed by atoms with E-state index in [-0.39, 0.29) is 11.3 Å². The van der Waals surface area contributed by atoms with Crippen LogP contribution < -0.4 is 11.1 Å². The molecule has 3 N–H and O–H groups in total. The molecule has 1 aromatic rings. The number of carbonyl (C=O) groups excluding carboxylic acids is 1. The Hall–Kier alpha value is -0.940. The molecule has 1 fully saturated rings. The minimum atomic E-state index is -0.414. The van der Waals surface area contributed by atoms with Gasteiger partial charge in [-0.15, -0.1) is 11.3 Å². The lowest BCUT2D eigenvalue weighted by Crippen LogP contribution is -2.54. The first-order chi connectivity index (χ1) is 8.00. The molecule has 0 bridgehead atoms. The fourth-order valence-electron chi connectivity index (χ4n) is 2.13. The molecule has 0 radical (unpaired) electrons. The Kier molecular flexibility index (Phi) is 3.23. The van der Waals surface area contributed by atoms with Crippen molar-refractivity contribution in [3.63, 3.8) is 0 Å². The molecule has 17 heavy (non-hydrogen) atoms. The maximum atomic E-state index is 12.3. The molecule has 1 aliphatic rings. The van der Waals surface area contributed by atoms with E-state index in [1.165, 1.54) is 0 Å². The van der Waals surface area contributed by atoms with Crippen molar-refractivity contribution in [3.05, 3.63) is 16.6 Å². The predicted octanol–water partition coefficient (Wildman–Crippen LogP) is 1.62. The molecule has 0 unspecified atom stereocenters. The second kappa shape index (κ2) is 4.38. The fraction of sp³-hybridized carbons (Fsp3) is 0.667. The van der Waals surface area contributed by atoms with E-state index in [0.717, 1.165) is 24.3 Å². The quantitative estimate of drug-likeness (QED) is 0.857. The zero-order chi connectivity index (χ0) is 12.5. The average molecular weight is 253 g/mol. The van der Waals surface area contributed by atoms with Crippen molar-refractivity contribution in [2.24, 2.45) is 11.1 Å². The van der Waals surface area contributed by atoms with E-state index < -0.39 is 5.54 Å². The van der Waals surface area contributed by atoms with E-state index in [2.05, 4.69) is 10.3 Å². The summed E-state index contributed by atoms with van der Waals surface area (Å²) in [7, 11) is 0. The van der Waals surface area contributed by atoms with Crippen LogP contribution in [0.2, 0.25) is 0 Å². The standard InChI is InChI=1S/C12H19N3OS/c1-11(2,10-14-6-7-17-10)15-9(16)12(8-13)4-3-5-12/h6-7H,3-5,8,13H2,1-2H3,(H,15,16). The van der Waals surface area contributed by atoms with Crippen molar-refractivity contribution in [1.29, 1.82) is 0 Å². The second-order valence-electron chi connectivity index (χ2n) is 5.25. The number of aromatic nitrogens is 1. The van der Waals surface area contributed by atoms with E-state index in [0.29, 0.717) is 6.54 Å². The van der Waals surface area contributed by atoms with Crippen molar-refractivity contribution >= 4 is 17.2 Å². The minimum Gasteiger partial charge on any atom is -0.344 e. The van der Waals surface area contributed by atoms with E-state index in [1.54, 1.807) is 17.5 Å². The van der Waals surface area contributed by atoms with Crippen LogP contribution >= 0.6 is 11.3 Å². The predicted molar refractivity (Wildman–Crippen MR) is 68.6 cm³/mol. The van der Waals surface area contributed by atoms with Gasteiger partial charge >= 0.3 is 0 Å². The summed E-state index contributed by atoms with van der Waals surface area (Å²) in [6, 6.07) is 0. The van der Waals surface area contributed by atoms with Gasteiger partial charge in [0.2, 0.25) is 5.91 Å². The molecule has 1 aliphatic carbocycles. The van der Waals surface area contributed by atoms with Crippen LogP contribution in [0.3, 0.4) is 0 Å². The average Bonchev–Trinajstić information content (AvgIpc) is 2.68. The molecule has 0 aromatic carbocycles. The SMILES string of the molecule is CC(C)(NC(=O)C1(CN)CCC1)c1nccs1. The van der Waals surface area contributed by atoms with Gasteiger partial charge in [-0.25, -0.2) is 4.98 Å². The molecule has 4 nitrogen and oxygen atoms in total. The first kappa shape index (κ1) is 12.5. The van der Waals surface area contributed by atoms with Crippen LogP contribution in [0.1, 0.15) is 38.1 Å². The number of rotatable bonds is 4. The Morgan fingerprint density at radius 3 is 2.76 bits per heavy atom. The number of nitrogens with two attached hydrogens (primary N) is 1. The van der Waals surface area contributed by atoms with E-state index in [1.807, 2.05) is 19.2 Å². The topological polar surface area (TPSA) is 68.0 Å². The van der Waals surface area contributed by atoms with Crippen LogP contribution in [-0.4, -0.2) is 17.4 Å². The lowest BCUT2D eigenvalue weighted by Gasteiger charge is -2.41. The molecular weight excluding hydrogens is 234 g/mol. The molecular formula is C12H19N3OS. The van der Waals surface area contributed by atoms with Crippen LogP contribution in [0.15, 0.2) is 11.6 Å². The van der Waals surface area contributed by atoms with Gasteiger partial charge in [0.05, 0.1) is 11.0 Å². The number of thiazole rings is 1. The highest BCUT2D eigenvalue weighted by Crippen LogP contribution is 2.41. The van der Waals surface area contributed by atoms with E-state index in [4.69, 9.17) is 5.73 Å². The highest BCUT2D eigenvalue weighted by Gasteiger charge is 2.44. The van der Waals surface area contributed by atoms with Gasteiger partial charge in [0, 0.05) is 18.1 Å². The third-order valence-electron chi connectivity index (χ3n) is 3.58. The zero-order valence-electron chi connectivity index (χ0n) is 10.3. The number of amides is 1. The molecule has 1 saturated carbocycles. The van der Waals surface area contributed by atoms with Gasteiger partial charge in [-0.2, -0.15) is 0 Å². The van der Waals surface area contributed by atoms with Gasteiger partial charge in [-0.1, -0.05) is 6.42 Å². The molecule has 2 rings (SSSR count). The molecule has 5 heteroatoms. The summed E-state index contributed by atoms with van der Waals surface area (Å²) in [6.45, 7) is 4.39. The van der Waals surface area contributed by atoms with Crippen LogP contribution in [0.5, 0.6) is 0 Å². The van der Waals surface area contributed by atoms with Crippen molar-refractivity contribution in [2.75, 3.05) is 6.54 Å². The Balaban J connectivity index is 2.08. The number of carbonyl (C=O) groups is 1. The summed E-state index contributed by atoms with van der Waals surface area (Å²) in [4.78, 5) is 16.5. The first-order valence-corrected chi connectivity index (χ1v) is 6.81. The zero-order valence-corrected chi connectivity index (χ0v) is 11.1. The largest absolute Gasteiger partial charge is 0.344 e. The Labute approximate surface area is 106 Å². The van der Waals surface area contributed by atoms with Gasteiger partial charge in [-0.05, 0) is 26.7 Å². The summed E-state index contributed by atoms with van der Waals surface area (Å²) in [5.74, 6) is 0.0754. The molecule has 94 valence electrons. The Bertz CT molecular complexity index is 390. The van der Waals surface area contributed by atoms with Gasteiger partial charge in [0.1, 0.15) is 5.01 Å². The molecule has 1 aromatic heterocycles. The highest BCUT2D eigenvalue weighted by atomic mass is 32.1. The van der Waals surface area contributed by atoms with Gasteiger partial charge in [-0.3, -0.25) is 4.79 Å². The van der Waals surface area contributed by atoms with Crippen molar-refractivity contribution < 1.29 is 4.79 Å². The van der Waals surface area contributed by atoms with Crippen molar-refractivity contribution in [2.45, 2.75) is 38.6 Å². The number of nitrogens with one attached hydrogen (secondary N) is 1. The van der Waals surface area contributed by atoms with Gasteiger partial charge < -0.3 is 11.1 Å². The van der Waals surface area contributed by atoms with Crippen LogP contribution in [0, 0.1) is 5.41 Å². The number of nitrogens with zero attached hydrogens (tertiary/aromatic N) is 1. The van der Waals surface area contributed by atoms with Gasteiger partial charge in [0.15, 0.2) is 0 Å². The number of hydrogen-bond acceptors (Lipinski definition) is 4. The molecule has 0 spiro atoms. The maximum absolute atomic E-state index is 12.3. The summed E-state index contributed by atoms with van der Waals surface area (Å²) in [5.41, 5.74) is 4.99. The summed E-state index contributed by atoms with van der Waals surface area (Å²) >= 11 is 1.56. The van der Waals surface area contributed by atoms with Crippen molar-refractivity contribution in [3.8, 4) is 0 Å². The fourth-order valence-corrected chi connectivity index (χ4v) is 2.85. The minimum absolute atomic E-state index is 0.0754. The molecule has 0 saturated heterocycles. The van der Waals surface area contributed by atoms with Gasteiger partial charge in [0.25, 0.3) is 0 Å². The molecule has 0 aliphatic heterocycles. The normalized spacial score (nSPS) is 18.5. The van der Waals surface area contributed by atoms with E-state index >= 15 is 0 Å². The first-order valence-electron chi connectivity index (χ1n) is 5.93. The summed E-state index contributed by atoms with van der Waals surface area (Å²) in [5, 5.41) is 5.93. The van der Waals surface area contributed by atoms with E-state index in [9.17, 15) is 4.79 Å². The molecule has 0 atom stereocenters.